The molecule has 3 rings (SSSR count). The molecule has 0 unspecified atom stereocenters. The molecule has 0 saturated heterocycles. The average Bonchev–Trinajstić information content (AvgIpc) is 3.23. The first-order valence-electron chi connectivity index (χ1n) is 11.6. The summed E-state index contributed by atoms with van der Waals surface area (Å²) in [5.74, 6) is -0.717. The second-order valence-electron chi connectivity index (χ2n) is 7.88. The third-order valence-electron chi connectivity index (χ3n) is 5.40. The van der Waals surface area contributed by atoms with Gasteiger partial charge >= 0.3 is 0 Å². The standard InChI is InChI=1S/C28H26N6O2S/c1-3-34-26(19-22(20-30)27(35)32-16-14-29)37-25(28(34)36)12-15-31-23-9-7-8-21(18-23)13-17-33(2)24-10-5-4-6-11-24/h4-11,15,18,31H,3,13,16-17H2,1-2H3,(H,32,35). The lowest BCUT2D eigenvalue weighted by Crippen LogP contribution is -2.30. The van der Waals surface area contributed by atoms with Gasteiger partial charge in [0.05, 0.1) is 6.07 Å². The number of nitrogens with one attached hydrogen (secondary N) is 2. The van der Waals surface area contributed by atoms with Gasteiger partial charge in [0.2, 0.25) is 0 Å². The zero-order valence-corrected chi connectivity index (χ0v) is 21.4. The van der Waals surface area contributed by atoms with Crippen molar-refractivity contribution in [2.75, 3.05) is 30.4 Å². The van der Waals surface area contributed by atoms with Crippen LogP contribution in [0, 0.1) is 22.7 Å². The van der Waals surface area contributed by atoms with E-state index in [0.29, 0.717) is 15.7 Å². The lowest BCUT2D eigenvalue weighted by Gasteiger charge is -2.19. The van der Waals surface area contributed by atoms with Crippen LogP contribution in [0.15, 0.2) is 71.2 Å². The zero-order chi connectivity index (χ0) is 26.6. The van der Waals surface area contributed by atoms with Crippen molar-refractivity contribution in [2.24, 2.45) is 0 Å². The number of carbonyl (C=O) groups is 1. The molecule has 2 aromatic carbocycles. The van der Waals surface area contributed by atoms with Gasteiger partial charge in [0.25, 0.3) is 11.5 Å². The van der Waals surface area contributed by atoms with Crippen molar-refractivity contribution in [3.63, 3.8) is 0 Å². The van der Waals surface area contributed by atoms with Crippen LogP contribution >= 0.6 is 11.3 Å². The number of rotatable bonds is 9. The number of thiazole rings is 1. The molecule has 0 radical (unpaired) electrons. The van der Waals surface area contributed by atoms with E-state index < -0.39 is 5.91 Å². The second kappa shape index (κ2) is 13.3. The predicted octanol–water partition coefficient (Wildman–Crippen LogP) is 2.08. The molecule has 1 heterocycles. The fourth-order valence-corrected chi connectivity index (χ4v) is 4.43. The Hall–Kier alpha value is -4.78. The SMILES string of the molecule is CCn1c(=C=C(C#N)C(=O)NCC#N)sc(=C=CNc2cccc(CCN(C)c3ccccc3)c2)c1=O. The quantitative estimate of drug-likeness (QED) is 0.259. The van der Waals surface area contributed by atoms with Crippen LogP contribution in [0.4, 0.5) is 11.4 Å². The summed E-state index contributed by atoms with van der Waals surface area (Å²) in [5, 5.41) is 23.4. The second-order valence-corrected chi connectivity index (χ2v) is 8.88. The van der Waals surface area contributed by atoms with Crippen LogP contribution in [0.1, 0.15) is 12.5 Å². The minimum Gasteiger partial charge on any atom is -0.374 e. The summed E-state index contributed by atoms with van der Waals surface area (Å²) in [5.41, 5.74) is 8.28. The minimum absolute atomic E-state index is 0.227. The van der Waals surface area contributed by atoms with Crippen LogP contribution < -0.4 is 30.3 Å². The van der Waals surface area contributed by atoms with E-state index in [1.54, 1.807) is 25.3 Å². The molecule has 0 aliphatic heterocycles. The molecular formula is C28H26N6O2S. The summed E-state index contributed by atoms with van der Waals surface area (Å²) in [4.78, 5) is 27.0. The number of likely N-dealkylation sites (N-methyl/N-ethyl adjacent to an activating group) is 1. The summed E-state index contributed by atoms with van der Waals surface area (Å²) in [6.07, 6.45) is 2.44. The number of hydrogen-bond donors (Lipinski definition) is 2. The molecule has 0 aliphatic rings. The lowest BCUT2D eigenvalue weighted by atomic mass is 10.1. The Labute approximate surface area is 219 Å². The Balaban J connectivity index is 1.82. The van der Waals surface area contributed by atoms with Crippen molar-refractivity contribution < 1.29 is 4.79 Å². The van der Waals surface area contributed by atoms with Crippen molar-refractivity contribution in [2.45, 2.75) is 19.9 Å². The molecular weight excluding hydrogens is 484 g/mol. The molecule has 3 aromatic rings. The highest BCUT2D eigenvalue weighted by molar-refractivity contribution is 7.07. The minimum atomic E-state index is -0.717. The molecule has 2 N–H and O–H groups in total. The highest BCUT2D eigenvalue weighted by Crippen LogP contribution is 2.14. The summed E-state index contributed by atoms with van der Waals surface area (Å²) in [7, 11) is 2.07. The van der Waals surface area contributed by atoms with E-state index in [9.17, 15) is 14.9 Å². The van der Waals surface area contributed by atoms with Crippen LogP contribution in [0.3, 0.4) is 0 Å². The van der Waals surface area contributed by atoms with Gasteiger partial charge in [-0.3, -0.25) is 14.2 Å². The van der Waals surface area contributed by atoms with Gasteiger partial charge in [0.15, 0.2) is 5.57 Å². The first kappa shape index (κ1) is 26.8. The summed E-state index contributed by atoms with van der Waals surface area (Å²) in [6.45, 7) is 2.76. The number of benzene rings is 2. The number of aromatic nitrogens is 1. The molecule has 0 spiro atoms. The third-order valence-corrected chi connectivity index (χ3v) is 6.41. The molecule has 0 bridgehead atoms. The summed E-state index contributed by atoms with van der Waals surface area (Å²) >= 11 is 1.08. The highest BCUT2D eigenvalue weighted by Gasteiger charge is 2.09. The predicted molar refractivity (Wildman–Crippen MR) is 146 cm³/mol. The number of nitriles is 2. The van der Waals surface area contributed by atoms with E-state index in [2.05, 4.69) is 58.3 Å². The first-order chi connectivity index (χ1) is 18.0. The monoisotopic (exact) mass is 510 g/mol. The van der Waals surface area contributed by atoms with Gasteiger partial charge in [-0.25, -0.2) is 0 Å². The molecule has 0 atom stereocenters. The van der Waals surface area contributed by atoms with Crippen LogP contribution in [-0.4, -0.2) is 30.6 Å². The molecule has 0 saturated carbocycles. The van der Waals surface area contributed by atoms with Gasteiger partial charge in [0, 0.05) is 37.7 Å². The topological polar surface area (TPSA) is 114 Å². The Kier molecular flexibility index (Phi) is 9.67. The number of carbonyl (C=O) groups excluding carboxylic acids is 1. The van der Waals surface area contributed by atoms with Gasteiger partial charge < -0.3 is 15.5 Å². The van der Waals surface area contributed by atoms with Crippen molar-refractivity contribution in [3.05, 3.63) is 91.5 Å². The van der Waals surface area contributed by atoms with E-state index in [1.165, 1.54) is 15.8 Å². The average molecular weight is 511 g/mol. The molecule has 9 heteroatoms. The lowest BCUT2D eigenvalue weighted by molar-refractivity contribution is -0.116. The van der Waals surface area contributed by atoms with E-state index in [4.69, 9.17) is 5.26 Å². The largest absolute Gasteiger partial charge is 0.374 e. The molecule has 1 aromatic heterocycles. The van der Waals surface area contributed by atoms with Crippen LogP contribution in [0.2, 0.25) is 0 Å². The molecule has 0 fully saturated rings. The Bertz CT molecular complexity index is 1590. The van der Waals surface area contributed by atoms with Gasteiger partial charge in [-0.2, -0.15) is 10.5 Å². The van der Waals surface area contributed by atoms with Gasteiger partial charge in [-0.15, -0.1) is 0 Å². The summed E-state index contributed by atoms with van der Waals surface area (Å²) in [6, 6.07) is 21.8. The van der Waals surface area contributed by atoms with Gasteiger partial charge in [-0.1, -0.05) is 53.1 Å². The third kappa shape index (κ3) is 7.35. The van der Waals surface area contributed by atoms with Gasteiger partial charge in [-0.05, 0) is 43.2 Å². The summed E-state index contributed by atoms with van der Waals surface area (Å²) < 4.78 is 2.06. The number of para-hydroxylation sites is 1. The number of amides is 1. The molecule has 37 heavy (non-hydrogen) atoms. The van der Waals surface area contributed by atoms with E-state index in [-0.39, 0.29) is 17.7 Å². The molecule has 1 amide bonds. The number of nitrogens with zero attached hydrogens (tertiary/aromatic N) is 4. The van der Waals surface area contributed by atoms with E-state index in [1.807, 2.05) is 30.3 Å². The Morgan fingerprint density at radius 2 is 1.95 bits per heavy atom. The first-order valence-corrected chi connectivity index (χ1v) is 12.4. The molecule has 0 aliphatic carbocycles. The maximum absolute atomic E-state index is 12.8. The number of hydrogen-bond acceptors (Lipinski definition) is 7. The van der Waals surface area contributed by atoms with Crippen LogP contribution in [0.25, 0.3) is 11.5 Å². The zero-order valence-electron chi connectivity index (χ0n) is 20.6. The van der Waals surface area contributed by atoms with Crippen LogP contribution in [0.5, 0.6) is 0 Å². The molecule has 186 valence electrons. The Morgan fingerprint density at radius 3 is 2.65 bits per heavy atom. The fourth-order valence-electron chi connectivity index (χ4n) is 3.44. The van der Waals surface area contributed by atoms with Crippen molar-refractivity contribution in [1.82, 2.24) is 9.88 Å². The Morgan fingerprint density at radius 1 is 1.16 bits per heavy atom. The normalized spacial score (nSPS) is 9.73. The highest BCUT2D eigenvalue weighted by atomic mass is 32.1. The maximum atomic E-state index is 12.8. The van der Waals surface area contributed by atoms with Crippen LogP contribution in [-0.2, 0) is 17.8 Å². The van der Waals surface area contributed by atoms with E-state index in [0.717, 1.165) is 30.0 Å². The smallest absolute Gasteiger partial charge is 0.277 e. The van der Waals surface area contributed by atoms with Crippen molar-refractivity contribution in [1.29, 1.82) is 10.5 Å². The van der Waals surface area contributed by atoms with Crippen molar-refractivity contribution >= 4 is 40.1 Å². The van der Waals surface area contributed by atoms with Crippen molar-refractivity contribution in [3.8, 4) is 12.1 Å². The molecule has 8 nitrogen and oxygen atoms in total. The van der Waals surface area contributed by atoms with Gasteiger partial charge in [0.1, 0.15) is 21.8 Å². The number of anilines is 2. The maximum Gasteiger partial charge on any atom is 0.277 e. The van der Waals surface area contributed by atoms with E-state index >= 15 is 0 Å². The fraction of sp³-hybridized carbons (Fsp3) is 0.214.